The van der Waals surface area contributed by atoms with Crippen LogP contribution in [-0.2, 0) is 16.0 Å². The van der Waals surface area contributed by atoms with Crippen LogP contribution in [0.1, 0.15) is 46.6 Å². The number of hydrogen-bond acceptors (Lipinski definition) is 4. The first-order valence-corrected chi connectivity index (χ1v) is 9.12. The van der Waals surface area contributed by atoms with Gasteiger partial charge in [0.25, 0.3) is 0 Å². The number of fused-ring (bicyclic) bond motifs is 1. The minimum absolute atomic E-state index is 0.0278. The maximum Gasteiger partial charge on any atom is 0.412 e. The molecule has 0 unspecified atom stereocenters. The molecular weight excluding hydrogens is 316 g/mol. The first-order valence-electron chi connectivity index (χ1n) is 9.12. The number of amides is 1. The van der Waals surface area contributed by atoms with E-state index in [2.05, 4.69) is 29.2 Å². The summed E-state index contributed by atoms with van der Waals surface area (Å²) >= 11 is 0. The maximum absolute atomic E-state index is 12.7. The molecule has 0 aromatic heterocycles. The highest BCUT2D eigenvalue weighted by atomic mass is 16.6. The molecule has 0 N–H and O–H groups in total. The number of rotatable bonds is 2. The molecule has 0 spiro atoms. The van der Waals surface area contributed by atoms with Crippen LogP contribution in [0.5, 0.6) is 0 Å². The van der Waals surface area contributed by atoms with E-state index >= 15 is 0 Å². The summed E-state index contributed by atoms with van der Waals surface area (Å²) in [6.45, 7) is 12.3. The molecule has 0 aliphatic carbocycles. The number of benzene rings is 1. The summed E-state index contributed by atoms with van der Waals surface area (Å²) in [6.07, 6.45) is 0.654. The number of nitrogens with zero attached hydrogens (tertiary/aromatic N) is 2. The van der Waals surface area contributed by atoms with Crippen molar-refractivity contribution in [3.05, 3.63) is 35.9 Å². The summed E-state index contributed by atoms with van der Waals surface area (Å²) in [7, 11) is 0. The number of carbonyl (C=O) groups excluding carboxylic acids is 1. The van der Waals surface area contributed by atoms with Gasteiger partial charge in [0, 0.05) is 19.6 Å². The maximum atomic E-state index is 12.7. The summed E-state index contributed by atoms with van der Waals surface area (Å²) in [5, 5.41) is 0. The molecule has 1 amide bonds. The van der Waals surface area contributed by atoms with E-state index in [1.54, 1.807) is 0 Å². The molecule has 5 heteroatoms. The van der Waals surface area contributed by atoms with Crippen molar-refractivity contribution in [1.29, 1.82) is 0 Å². The predicted molar refractivity (Wildman–Crippen MR) is 97.1 cm³/mol. The Morgan fingerprint density at radius 1 is 1.28 bits per heavy atom. The van der Waals surface area contributed by atoms with Gasteiger partial charge in [-0.1, -0.05) is 30.3 Å². The second-order valence-electron chi connectivity index (χ2n) is 8.53. The number of ether oxygens (including phenoxy) is 2. The number of likely N-dealkylation sites (tertiary alicyclic amines) is 1. The van der Waals surface area contributed by atoms with Crippen molar-refractivity contribution in [3.63, 3.8) is 0 Å². The SMILES string of the molecule is CC(C)(C)OC(=O)N1[C@H]2CCN(Cc3ccccc3)C[C@@H]2OC1(C)C. The number of hydrogen-bond donors (Lipinski definition) is 0. The Morgan fingerprint density at radius 3 is 2.60 bits per heavy atom. The van der Waals surface area contributed by atoms with Crippen LogP contribution in [0.4, 0.5) is 4.79 Å². The fourth-order valence-corrected chi connectivity index (χ4v) is 3.86. The lowest BCUT2D eigenvalue weighted by molar-refractivity contribution is -0.0821. The molecule has 1 aromatic rings. The first-order chi connectivity index (χ1) is 11.7. The molecule has 25 heavy (non-hydrogen) atoms. The van der Waals surface area contributed by atoms with Gasteiger partial charge in [-0.15, -0.1) is 0 Å². The summed E-state index contributed by atoms with van der Waals surface area (Å²) < 4.78 is 11.9. The van der Waals surface area contributed by atoms with Gasteiger partial charge < -0.3 is 9.47 Å². The third kappa shape index (κ3) is 4.15. The normalized spacial score (nSPS) is 26.4. The minimum Gasteiger partial charge on any atom is -0.444 e. The Labute approximate surface area is 150 Å². The Hall–Kier alpha value is -1.59. The van der Waals surface area contributed by atoms with Gasteiger partial charge in [-0.3, -0.25) is 9.80 Å². The van der Waals surface area contributed by atoms with Crippen LogP contribution < -0.4 is 0 Å². The fourth-order valence-electron chi connectivity index (χ4n) is 3.86. The minimum atomic E-state index is -0.638. The van der Waals surface area contributed by atoms with Gasteiger partial charge in [-0.05, 0) is 46.6 Å². The lowest BCUT2D eigenvalue weighted by Crippen LogP contribution is -2.53. The Morgan fingerprint density at radius 2 is 1.96 bits per heavy atom. The molecule has 1 aromatic carbocycles. The summed E-state index contributed by atoms with van der Waals surface area (Å²) in [6, 6.07) is 10.6. The highest BCUT2D eigenvalue weighted by Crippen LogP contribution is 2.37. The molecular formula is C20H30N2O3. The molecule has 138 valence electrons. The van der Waals surface area contributed by atoms with Crippen molar-refractivity contribution in [2.75, 3.05) is 13.1 Å². The molecule has 5 nitrogen and oxygen atoms in total. The van der Waals surface area contributed by atoms with Crippen LogP contribution in [0.3, 0.4) is 0 Å². The third-order valence-electron chi connectivity index (χ3n) is 4.80. The van der Waals surface area contributed by atoms with Crippen molar-refractivity contribution in [3.8, 4) is 0 Å². The van der Waals surface area contributed by atoms with Gasteiger partial charge in [0.1, 0.15) is 11.3 Å². The highest BCUT2D eigenvalue weighted by Gasteiger charge is 2.52. The molecule has 2 heterocycles. The lowest BCUT2D eigenvalue weighted by atomic mass is 10.0. The summed E-state index contributed by atoms with van der Waals surface area (Å²) in [5.74, 6) is 0. The van der Waals surface area contributed by atoms with Gasteiger partial charge in [-0.2, -0.15) is 0 Å². The van der Waals surface area contributed by atoms with Crippen LogP contribution in [-0.4, -0.2) is 52.5 Å². The van der Waals surface area contributed by atoms with Crippen molar-refractivity contribution in [1.82, 2.24) is 9.80 Å². The number of carbonyl (C=O) groups is 1. The third-order valence-corrected chi connectivity index (χ3v) is 4.80. The molecule has 2 fully saturated rings. The van der Waals surface area contributed by atoms with Gasteiger partial charge in [0.2, 0.25) is 0 Å². The Balaban J connectivity index is 1.68. The quantitative estimate of drug-likeness (QED) is 0.820. The van der Waals surface area contributed by atoms with E-state index in [4.69, 9.17) is 9.47 Å². The largest absolute Gasteiger partial charge is 0.444 e. The summed E-state index contributed by atoms with van der Waals surface area (Å²) in [5.41, 5.74) is 0.168. The standard InChI is InChI=1S/C20H30N2O3/c1-19(2,3)25-18(23)22-16-11-12-21(13-15-9-7-6-8-10-15)14-17(16)24-20(22,4)5/h6-10,16-17H,11-14H2,1-5H3/t16-,17-/m0/s1. The van der Waals surface area contributed by atoms with E-state index < -0.39 is 11.3 Å². The van der Waals surface area contributed by atoms with Crippen molar-refractivity contribution < 1.29 is 14.3 Å². The van der Waals surface area contributed by atoms with Crippen LogP contribution in [0.2, 0.25) is 0 Å². The van der Waals surface area contributed by atoms with Gasteiger partial charge in [-0.25, -0.2) is 4.79 Å². The van der Waals surface area contributed by atoms with Crippen molar-refractivity contribution in [2.45, 2.75) is 71.1 Å². The molecule has 2 aliphatic heterocycles. The van der Waals surface area contributed by atoms with Crippen LogP contribution >= 0.6 is 0 Å². The topological polar surface area (TPSA) is 42.0 Å². The molecule has 0 radical (unpaired) electrons. The second kappa shape index (κ2) is 6.61. The predicted octanol–water partition coefficient (Wildman–Crippen LogP) is 3.63. The average molecular weight is 346 g/mol. The zero-order chi connectivity index (χ0) is 18.2. The van der Waals surface area contributed by atoms with E-state index in [9.17, 15) is 4.79 Å². The molecule has 2 atom stereocenters. The van der Waals surface area contributed by atoms with E-state index in [1.807, 2.05) is 45.6 Å². The fraction of sp³-hybridized carbons (Fsp3) is 0.650. The van der Waals surface area contributed by atoms with Crippen LogP contribution in [0.15, 0.2) is 30.3 Å². The van der Waals surface area contributed by atoms with Gasteiger partial charge in [0.05, 0.1) is 12.1 Å². The monoisotopic (exact) mass is 346 g/mol. The van der Waals surface area contributed by atoms with E-state index in [1.165, 1.54) is 5.56 Å². The highest BCUT2D eigenvalue weighted by molar-refractivity contribution is 5.70. The molecule has 0 saturated carbocycles. The van der Waals surface area contributed by atoms with E-state index in [-0.39, 0.29) is 18.2 Å². The molecule has 0 bridgehead atoms. The second-order valence-corrected chi connectivity index (χ2v) is 8.53. The smallest absolute Gasteiger partial charge is 0.412 e. The molecule has 2 aliphatic rings. The zero-order valence-corrected chi connectivity index (χ0v) is 16.0. The van der Waals surface area contributed by atoms with Gasteiger partial charge in [0.15, 0.2) is 0 Å². The molecule has 2 saturated heterocycles. The Bertz CT molecular complexity index is 609. The number of piperidine rings is 1. The molecule has 3 rings (SSSR count). The van der Waals surface area contributed by atoms with Gasteiger partial charge >= 0.3 is 6.09 Å². The summed E-state index contributed by atoms with van der Waals surface area (Å²) in [4.78, 5) is 16.9. The Kier molecular flexibility index (Phi) is 4.82. The van der Waals surface area contributed by atoms with Crippen LogP contribution in [0.25, 0.3) is 0 Å². The lowest BCUT2D eigenvalue weighted by Gasteiger charge is -2.38. The van der Waals surface area contributed by atoms with Crippen molar-refractivity contribution in [2.24, 2.45) is 0 Å². The van der Waals surface area contributed by atoms with Crippen molar-refractivity contribution >= 4 is 6.09 Å². The first kappa shape index (κ1) is 18.2. The van der Waals surface area contributed by atoms with E-state index in [0.717, 1.165) is 26.1 Å². The van der Waals surface area contributed by atoms with Crippen LogP contribution in [0, 0.1) is 0 Å². The van der Waals surface area contributed by atoms with E-state index in [0.29, 0.717) is 0 Å². The average Bonchev–Trinajstić information content (AvgIpc) is 2.75. The zero-order valence-electron chi connectivity index (χ0n) is 16.0.